The Morgan fingerprint density at radius 3 is 2.65 bits per heavy atom. The summed E-state index contributed by atoms with van der Waals surface area (Å²) in [6, 6.07) is 4.56. The minimum absolute atomic E-state index is 0.0450. The summed E-state index contributed by atoms with van der Waals surface area (Å²) >= 11 is 0. The second-order valence-corrected chi connectivity index (χ2v) is 3.67. The number of methoxy groups -OCH3 is 1. The maximum atomic E-state index is 13.7. The number of nitrogens with zero attached hydrogens (tertiary/aromatic N) is 1. The van der Waals surface area contributed by atoms with Crippen LogP contribution in [0.5, 0.6) is 0 Å². The minimum atomic E-state index is -0.561. The molecule has 0 saturated heterocycles. The van der Waals surface area contributed by atoms with E-state index < -0.39 is 17.7 Å². The number of ether oxygens (including phenoxy) is 1. The van der Waals surface area contributed by atoms with Gasteiger partial charge in [-0.1, -0.05) is 12.1 Å². The van der Waals surface area contributed by atoms with E-state index in [0.717, 1.165) is 4.90 Å². The summed E-state index contributed by atoms with van der Waals surface area (Å²) in [5.41, 5.74) is 0.346. The third-order valence-electron chi connectivity index (χ3n) is 2.36. The van der Waals surface area contributed by atoms with E-state index in [9.17, 15) is 14.0 Å². The van der Waals surface area contributed by atoms with E-state index >= 15 is 0 Å². The standard InChI is InChI=1S/C12H14FNO3/c1-8-5-4-6-9(11(8)13)12(16)14(2)7-10(15)17-3/h4-6H,7H2,1-3H3. The molecule has 1 aromatic rings. The summed E-state index contributed by atoms with van der Waals surface area (Å²) in [6.45, 7) is 1.37. The average molecular weight is 239 g/mol. The molecule has 1 amide bonds. The van der Waals surface area contributed by atoms with Gasteiger partial charge in [0.1, 0.15) is 12.4 Å². The number of likely N-dealkylation sites (N-methyl/N-ethyl adjacent to an activating group) is 1. The molecule has 5 heteroatoms. The first kappa shape index (κ1) is 13.2. The van der Waals surface area contributed by atoms with Gasteiger partial charge in [0.2, 0.25) is 0 Å². The molecule has 0 aliphatic rings. The molecule has 1 aromatic carbocycles. The number of hydrogen-bond acceptors (Lipinski definition) is 3. The van der Waals surface area contributed by atoms with Crippen molar-refractivity contribution in [3.63, 3.8) is 0 Å². The molecule has 0 radical (unpaired) electrons. The quantitative estimate of drug-likeness (QED) is 0.749. The lowest BCUT2D eigenvalue weighted by Gasteiger charge is -2.16. The highest BCUT2D eigenvalue weighted by Crippen LogP contribution is 2.13. The van der Waals surface area contributed by atoms with Gasteiger partial charge in [-0.2, -0.15) is 0 Å². The fourth-order valence-electron chi connectivity index (χ4n) is 1.35. The van der Waals surface area contributed by atoms with Crippen molar-refractivity contribution in [1.82, 2.24) is 4.90 Å². The number of carbonyl (C=O) groups excluding carboxylic acids is 2. The number of esters is 1. The Hall–Kier alpha value is -1.91. The zero-order valence-electron chi connectivity index (χ0n) is 9.99. The highest BCUT2D eigenvalue weighted by Gasteiger charge is 2.19. The van der Waals surface area contributed by atoms with Crippen molar-refractivity contribution in [2.45, 2.75) is 6.92 Å². The van der Waals surface area contributed by atoms with Crippen LogP contribution in [0.2, 0.25) is 0 Å². The minimum Gasteiger partial charge on any atom is -0.468 e. The number of amides is 1. The van der Waals surface area contributed by atoms with Crippen LogP contribution in [0.1, 0.15) is 15.9 Å². The first-order valence-corrected chi connectivity index (χ1v) is 5.04. The maximum absolute atomic E-state index is 13.7. The van der Waals surface area contributed by atoms with Gasteiger partial charge in [-0.25, -0.2) is 4.39 Å². The Morgan fingerprint density at radius 2 is 2.06 bits per heavy atom. The van der Waals surface area contributed by atoms with Gasteiger partial charge in [0.15, 0.2) is 0 Å². The number of hydrogen-bond donors (Lipinski definition) is 0. The van der Waals surface area contributed by atoms with Gasteiger partial charge in [0, 0.05) is 7.05 Å². The van der Waals surface area contributed by atoms with Crippen molar-refractivity contribution in [1.29, 1.82) is 0 Å². The molecule has 0 fully saturated rings. The Labute approximate surface area is 99.0 Å². The summed E-state index contributed by atoms with van der Waals surface area (Å²) in [4.78, 5) is 24.0. The Morgan fingerprint density at radius 1 is 1.41 bits per heavy atom. The van der Waals surface area contributed by atoms with Crippen molar-refractivity contribution in [3.05, 3.63) is 35.1 Å². The van der Waals surface area contributed by atoms with Gasteiger partial charge < -0.3 is 9.64 Å². The second-order valence-electron chi connectivity index (χ2n) is 3.67. The van der Waals surface area contributed by atoms with E-state index in [1.54, 1.807) is 19.1 Å². The molecule has 0 spiro atoms. The molecule has 4 nitrogen and oxygen atoms in total. The Balaban J connectivity index is 2.89. The van der Waals surface area contributed by atoms with E-state index in [4.69, 9.17) is 0 Å². The number of carbonyl (C=O) groups is 2. The van der Waals surface area contributed by atoms with Crippen LogP contribution in [-0.4, -0.2) is 37.5 Å². The summed E-state index contributed by atoms with van der Waals surface area (Å²) in [7, 11) is 2.65. The monoisotopic (exact) mass is 239 g/mol. The number of benzene rings is 1. The summed E-state index contributed by atoms with van der Waals surface area (Å²) < 4.78 is 18.1. The lowest BCUT2D eigenvalue weighted by molar-refractivity contribution is -0.141. The van der Waals surface area contributed by atoms with Crippen LogP contribution in [0.4, 0.5) is 4.39 Å². The SMILES string of the molecule is COC(=O)CN(C)C(=O)c1cccc(C)c1F. The zero-order valence-corrected chi connectivity index (χ0v) is 9.99. The second kappa shape index (κ2) is 5.43. The van der Waals surface area contributed by atoms with Gasteiger partial charge >= 0.3 is 5.97 Å². The zero-order chi connectivity index (χ0) is 13.0. The van der Waals surface area contributed by atoms with Crippen molar-refractivity contribution in [2.75, 3.05) is 20.7 Å². The predicted octanol–water partition coefficient (Wildman–Crippen LogP) is 1.38. The molecule has 0 bridgehead atoms. The number of aryl methyl sites for hydroxylation is 1. The fraction of sp³-hybridized carbons (Fsp3) is 0.333. The van der Waals surface area contributed by atoms with E-state index in [2.05, 4.69) is 4.74 Å². The molecule has 0 saturated carbocycles. The van der Waals surface area contributed by atoms with Gasteiger partial charge in [-0.3, -0.25) is 9.59 Å². The third-order valence-corrected chi connectivity index (χ3v) is 2.36. The smallest absolute Gasteiger partial charge is 0.325 e. The lowest BCUT2D eigenvalue weighted by atomic mass is 10.1. The molecule has 1 rings (SSSR count). The van der Waals surface area contributed by atoms with Crippen LogP contribution in [0, 0.1) is 12.7 Å². The van der Waals surface area contributed by atoms with Crippen molar-refractivity contribution < 1.29 is 18.7 Å². The molecule has 0 aliphatic carbocycles. The van der Waals surface area contributed by atoms with Crippen LogP contribution < -0.4 is 0 Å². The molecular formula is C12H14FNO3. The maximum Gasteiger partial charge on any atom is 0.325 e. The molecule has 0 heterocycles. The van der Waals surface area contributed by atoms with Crippen molar-refractivity contribution >= 4 is 11.9 Å². The highest BCUT2D eigenvalue weighted by atomic mass is 19.1. The normalized spacial score (nSPS) is 9.88. The molecule has 0 aliphatic heterocycles. The highest BCUT2D eigenvalue weighted by molar-refractivity contribution is 5.96. The Kier molecular flexibility index (Phi) is 4.20. The molecule has 0 unspecified atom stereocenters. The first-order chi connectivity index (χ1) is 7.97. The van der Waals surface area contributed by atoms with Crippen molar-refractivity contribution in [3.8, 4) is 0 Å². The van der Waals surface area contributed by atoms with Crippen LogP contribution in [0.15, 0.2) is 18.2 Å². The fourth-order valence-corrected chi connectivity index (χ4v) is 1.35. The van der Waals surface area contributed by atoms with E-state index in [-0.39, 0.29) is 12.1 Å². The first-order valence-electron chi connectivity index (χ1n) is 5.04. The predicted molar refractivity (Wildman–Crippen MR) is 60.1 cm³/mol. The van der Waals surface area contributed by atoms with Gasteiger partial charge in [-0.05, 0) is 18.6 Å². The van der Waals surface area contributed by atoms with E-state index in [1.165, 1.54) is 20.2 Å². The number of rotatable bonds is 3. The number of halogens is 1. The van der Waals surface area contributed by atoms with Crippen LogP contribution in [0.25, 0.3) is 0 Å². The molecule has 92 valence electrons. The molecular weight excluding hydrogens is 225 g/mol. The van der Waals surface area contributed by atoms with Gasteiger partial charge in [-0.15, -0.1) is 0 Å². The summed E-state index contributed by atoms with van der Waals surface area (Å²) in [5.74, 6) is -1.65. The third kappa shape index (κ3) is 3.03. The Bertz CT molecular complexity index is 445. The van der Waals surface area contributed by atoms with Crippen molar-refractivity contribution in [2.24, 2.45) is 0 Å². The average Bonchev–Trinajstić information content (AvgIpc) is 2.31. The van der Waals surface area contributed by atoms with E-state index in [0.29, 0.717) is 5.56 Å². The topological polar surface area (TPSA) is 46.6 Å². The summed E-state index contributed by atoms with van der Waals surface area (Å²) in [6.07, 6.45) is 0. The van der Waals surface area contributed by atoms with Crippen LogP contribution in [0.3, 0.4) is 0 Å². The lowest BCUT2D eigenvalue weighted by Crippen LogP contribution is -2.33. The van der Waals surface area contributed by atoms with Gasteiger partial charge in [0.25, 0.3) is 5.91 Å². The molecule has 17 heavy (non-hydrogen) atoms. The van der Waals surface area contributed by atoms with Crippen LogP contribution >= 0.6 is 0 Å². The molecule has 0 aromatic heterocycles. The van der Waals surface area contributed by atoms with E-state index in [1.807, 2.05) is 0 Å². The largest absolute Gasteiger partial charge is 0.468 e. The molecule has 0 atom stereocenters. The van der Waals surface area contributed by atoms with Crippen LogP contribution in [-0.2, 0) is 9.53 Å². The summed E-state index contributed by atoms with van der Waals surface area (Å²) in [5, 5.41) is 0. The van der Waals surface area contributed by atoms with Gasteiger partial charge in [0.05, 0.1) is 12.7 Å². The molecule has 0 N–H and O–H groups in total.